The van der Waals surface area contributed by atoms with Crippen LogP contribution >= 0.6 is 0 Å². The summed E-state index contributed by atoms with van der Waals surface area (Å²) in [6.07, 6.45) is 2.25. The Morgan fingerprint density at radius 3 is 2.52 bits per heavy atom. The first-order valence-corrected chi connectivity index (χ1v) is 9.08. The minimum atomic E-state index is -1.14. The summed E-state index contributed by atoms with van der Waals surface area (Å²) in [6.45, 7) is 1.87. The molecule has 1 heterocycles. The molecule has 0 fully saturated rings. The topological polar surface area (TPSA) is 76.7 Å². The van der Waals surface area contributed by atoms with Crippen LogP contribution in [0.25, 0.3) is 11.0 Å². The molecule has 27 heavy (non-hydrogen) atoms. The lowest BCUT2D eigenvalue weighted by Gasteiger charge is -2.21. The zero-order valence-corrected chi connectivity index (χ0v) is 15.0. The normalized spacial score (nSPS) is 14.6. The van der Waals surface area contributed by atoms with Crippen LogP contribution in [0.4, 0.5) is 0 Å². The molecule has 1 atom stereocenters. The lowest BCUT2D eigenvalue weighted by molar-refractivity contribution is -0.145. The molecule has 5 heteroatoms. The van der Waals surface area contributed by atoms with Crippen molar-refractivity contribution in [1.29, 1.82) is 0 Å². The summed E-state index contributed by atoms with van der Waals surface area (Å²) in [5.74, 6) is -0.620. The van der Waals surface area contributed by atoms with E-state index < -0.39 is 12.1 Å². The summed E-state index contributed by atoms with van der Waals surface area (Å²) in [7, 11) is 0. The summed E-state index contributed by atoms with van der Waals surface area (Å²) in [5, 5.41) is 10.4. The third-order valence-electron chi connectivity index (χ3n) is 5.00. The number of carbonyl (C=O) groups is 1. The van der Waals surface area contributed by atoms with E-state index >= 15 is 0 Å². The van der Waals surface area contributed by atoms with Crippen LogP contribution in [0.3, 0.4) is 0 Å². The average Bonchev–Trinajstić information content (AvgIpc) is 2.66. The van der Waals surface area contributed by atoms with Gasteiger partial charge in [-0.2, -0.15) is 0 Å². The molecule has 0 amide bonds. The maximum Gasteiger partial charge on any atom is 0.349 e. The molecule has 1 aromatic heterocycles. The molecule has 0 saturated heterocycles. The molecule has 1 N–H and O–H groups in total. The minimum absolute atomic E-state index is 0.299. The summed E-state index contributed by atoms with van der Waals surface area (Å²) in [5.41, 5.74) is 3.17. The molecular formula is C22H20O5. The maximum atomic E-state index is 12.4. The van der Waals surface area contributed by atoms with E-state index in [1.807, 2.05) is 19.1 Å². The molecule has 0 radical (unpaired) electrons. The fourth-order valence-corrected chi connectivity index (χ4v) is 3.78. The van der Waals surface area contributed by atoms with Crippen LogP contribution in [0.2, 0.25) is 0 Å². The van der Waals surface area contributed by atoms with Crippen molar-refractivity contribution < 1.29 is 19.1 Å². The summed E-state index contributed by atoms with van der Waals surface area (Å²) < 4.78 is 11.5. The number of rotatable bonds is 4. The maximum absolute atomic E-state index is 12.4. The fourth-order valence-electron chi connectivity index (χ4n) is 3.78. The Bertz CT molecular complexity index is 1070. The van der Waals surface area contributed by atoms with Crippen molar-refractivity contribution in [3.63, 3.8) is 0 Å². The largest absolute Gasteiger partial charge is 0.478 e. The SMILES string of the molecule is Cc1cc(OC(C(=O)O)c2ccccc2)c2c3c(c(=O)oc2c1)CCCC3. The second-order valence-corrected chi connectivity index (χ2v) is 6.94. The zero-order valence-electron chi connectivity index (χ0n) is 15.0. The molecule has 0 aliphatic heterocycles. The number of ether oxygens (including phenoxy) is 1. The lowest BCUT2D eigenvalue weighted by atomic mass is 9.90. The Hall–Kier alpha value is -3.08. The van der Waals surface area contributed by atoms with Crippen molar-refractivity contribution in [3.8, 4) is 5.75 Å². The van der Waals surface area contributed by atoms with Crippen LogP contribution in [-0.2, 0) is 17.6 Å². The Balaban J connectivity index is 1.90. The molecular weight excluding hydrogens is 344 g/mol. The molecule has 5 nitrogen and oxygen atoms in total. The van der Waals surface area contributed by atoms with E-state index in [0.29, 0.717) is 28.9 Å². The summed E-state index contributed by atoms with van der Waals surface area (Å²) >= 11 is 0. The molecule has 2 aromatic carbocycles. The van der Waals surface area contributed by atoms with Gasteiger partial charge in [-0.3, -0.25) is 0 Å². The minimum Gasteiger partial charge on any atom is -0.478 e. The molecule has 138 valence electrons. The highest BCUT2D eigenvalue weighted by molar-refractivity contribution is 5.89. The van der Waals surface area contributed by atoms with E-state index in [1.165, 1.54) is 0 Å². The second-order valence-electron chi connectivity index (χ2n) is 6.94. The van der Waals surface area contributed by atoms with E-state index in [4.69, 9.17) is 9.15 Å². The van der Waals surface area contributed by atoms with Gasteiger partial charge in [0.2, 0.25) is 6.10 Å². The van der Waals surface area contributed by atoms with Crippen LogP contribution < -0.4 is 10.4 Å². The van der Waals surface area contributed by atoms with Gasteiger partial charge in [0.05, 0.1) is 5.39 Å². The molecule has 0 bridgehead atoms. The number of carboxylic acid groups (broad SMARTS) is 1. The Morgan fingerprint density at radius 1 is 1.11 bits per heavy atom. The van der Waals surface area contributed by atoms with Crippen LogP contribution in [0.1, 0.15) is 41.2 Å². The first-order chi connectivity index (χ1) is 13.0. The number of carboxylic acids is 1. The zero-order chi connectivity index (χ0) is 19.0. The molecule has 1 unspecified atom stereocenters. The standard InChI is InChI=1S/C22H20O5/c1-13-11-17(26-20(21(23)24)14-7-3-2-4-8-14)19-15-9-5-6-10-16(15)22(25)27-18(19)12-13/h2-4,7-8,11-12,20H,5-6,9-10H2,1H3,(H,23,24). The number of hydrogen-bond acceptors (Lipinski definition) is 4. The highest BCUT2D eigenvalue weighted by Crippen LogP contribution is 2.36. The third kappa shape index (κ3) is 3.21. The van der Waals surface area contributed by atoms with Gasteiger partial charge in [-0.25, -0.2) is 9.59 Å². The third-order valence-corrected chi connectivity index (χ3v) is 5.00. The van der Waals surface area contributed by atoms with Crippen molar-refractivity contribution in [3.05, 3.63) is 75.1 Å². The van der Waals surface area contributed by atoms with Gasteiger partial charge >= 0.3 is 11.6 Å². The van der Waals surface area contributed by atoms with Crippen molar-refractivity contribution >= 4 is 16.9 Å². The van der Waals surface area contributed by atoms with Crippen LogP contribution in [0.5, 0.6) is 5.75 Å². The van der Waals surface area contributed by atoms with Crippen molar-refractivity contribution in [1.82, 2.24) is 0 Å². The van der Waals surface area contributed by atoms with Gasteiger partial charge in [0.1, 0.15) is 11.3 Å². The second kappa shape index (κ2) is 6.91. The van der Waals surface area contributed by atoms with Gasteiger partial charge in [0.25, 0.3) is 0 Å². The van der Waals surface area contributed by atoms with Crippen molar-refractivity contribution in [2.24, 2.45) is 0 Å². The molecule has 3 aromatic rings. The number of aryl methyl sites for hydroxylation is 2. The fraction of sp³-hybridized carbons (Fsp3) is 0.273. The first-order valence-electron chi connectivity index (χ1n) is 9.08. The summed E-state index contributed by atoms with van der Waals surface area (Å²) in [4.78, 5) is 24.2. The molecule has 1 aliphatic carbocycles. The van der Waals surface area contributed by atoms with Crippen LogP contribution in [0.15, 0.2) is 51.7 Å². The van der Waals surface area contributed by atoms with Gasteiger partial charge < -0.3 is 14.3 Å². The molecule has 0 saturated carbocycles. The van der Waals surface area contributed by atoms with Crippen molar-refractivity contribution in [2.75, 3.05) is 0 Å². The predicted molar refractivity (Wildman–Crippen MR) is 101 cm³/mol. The number of aliphatic carboxylic acids is 1. The monoisotopic (exact) mass is 364 g/mol. The highest BCUT2D eigenvalue weighted by Gasteiger charge is 2.26. The number of fused-ring (bicyclic) bond motifs is 3. The van der Waals surface area contributed by atoms with E-state index in [1.54, 1.807) is 30.3 Å². The van der Waals surface area contributed by atoms with Gasteiger partial charge in [-0.15, -0.1) is 0 Å². The molecule has 4 rings (SSSR count). The first kappa shape index (κ1) is 17.3. The Morgan fingerprint density at radius 2 is 1.81 bits per heavy atom. The smallest absolute Gasteiger partial charge is 0.349 e. The molecule has 0 spiro atoms. The highest BCUT2D eigenvalue weighted by atomic mass is 16.5. The number of benzene rings is 2. The Kier molecular flexibility index (Phi) is 4.44. The van der Waals surface area contributed by atoms with E-state index in [0.717, 1.165) is 35.8 Å². The van der Waals surface area contributed by atoms with E-state index in [2.05, 4.69) is 0 Å². The molecule has 1 aliphatic rings. The van der Waals surface area contributed by atoms with Crippen LogP contribution in [-0.4, -0.2) is 11.1 Å². The Labute approximate surface area is 156 Å². The van der Waals surface area contributed by atoms with Gasteiger partial charge in [-0.05, 0) is 55.9 Å². The number of hydrogen-bond donors (Lipinski definition) is 1. The predicted octanol–water partition coefficient (Wildman–Crippen LogP) is 4.18. The van der Waals surface area contributed by atoms with E-state index in [9.17, 15) is 14.7 Å². The summed E-state index contributed by atoms with van der Waals surface area (Å²) in [6, 6.07) is 12.5. The van der Waals surface area contributed by atoms with Gasteiger partial charge in [0, 0.05) is 11.1 Å². The van der Waals surface area contributed by atoms with Gasteiger partial charge in [0.15, 0.2) is 0 Å². The van der Waals surface area contributed by atoms with Crippen LogP contribution in [0, 0.1) is 6.92 Å². The lowest BCUT2D eigenvalue weighted by Crippen LogP contribution is -2.20. The quantitative estimate of drug-likeness (QED) is 0.703. The van der Waals surface area contributed by atoms with E-state index in [-0.39, 0.29) is 5.63 Å². The van der Waals surface area contributed by atoms with Gasteiger partial charge in [-0.1, -0.05) is 30.3 Å². The average molecular weight is 364 g/mol. The van der Waals surface area contributed by atoms with Crippen molar-refractivity contribution in [2.45, 2.75) is 38.7 Å².